The van der Waals surface area contributed by atoms with E-state index in [1.165, 1.54) is 25.8 Å². The van der Waals surface area contributed by atoms with Gasteiger partial charge < -0.3 is 16.0 Å². The van der Waals surface area contributed by atoms with Gasteiger partial charge in [0, 0.05) is 25.7 Å². The molecule has 3 rings (SSSR count). The van der Waals surface area contributed by atoms with Crippen LogP contribution < -0.4 is 11.1 Å². The molecule has 0 atom stereocenters. The summed E-state index contributed by atoms with van der Waals surface area (Å²) in [5.41, 5.74) is 5.72. The van der Waals surface area contributed by atoms with E-state index in [2.05, 4.69) is 10.2 Å². The Bertz CT molecular complexity index is 340. The maximum Gasteiger partial charge on any atom is 0.240 e. The minimum atomic E-state index is -0.580. The van der Waals surface area contributed by atoms with Gasteiger partial charge in [-0.25, -0.2) is 0 Å². The van der Waals surface area contributed by atoms with Crippen LogP contribution in [0.3, 0.4) is 0 Å². The Kier molecular flexibility index (Phi) is 4.32. The maximum absolute atomic E-state index is 12.4. The Labute approximate surface area is 122 Å². The van der Waals surface area contributed by atoms with Crippen LogP contribution >= 0.6 is 0 Å². The highest BCUT2D eigenvalue weighted by Gasteiger charge is 2.36. The average Bonchev–Trinajstić information content (AvgIpc) is 3.26. The van der Waals surface area contributed by atoms with E-state index in [0.29, 0.717) is 6.04 Å². The lowest BCUT2D eigenvalue weighted by atomic mass is 9.81. The number of nitrogens with two attached hydrogens (primary N) is 1. The van der Waals surface area contributed by atoms with Gasteiger partial charge in [-0.1, -0.05) is 19.3 Å². The normalized spacial score (nSPS) is 28.2. The summed E-state index contributed by atoms with van der Waals surface area (Å²) < 4.78 is 0. The Hall–Kier alpha value is -0.610. The maximum atomic E-state index is 12.4. The van der Waals surface area contributed by atoms with Crippen molar-refractivity contribution in [2.45, 2.75) is 69.4 Å². The molecule has 1 amide bonds. The lowest BCUT2D eigenvalue weighted by molar-refractivity contribution is -0.128. The zero-order valence-corrected chi connectivity index (χ0v) is 12.6. The summed E-state index contributed by atoms with van der Waals surface area (Å²) in [5.74, 6) is 1.08. The van der Waals surface area contributed by atoms with Crippen molar-refractivity contribution in [2.75, 3.05) is 19.6 Å². The van der Waals surface area contributed by atoms with Crippen molar-refractivity contribution in [1.29, 1.82) is 0 Å². The molecule has 0 aromatic rings. The quantitative estimate of drug-likeness (QED) is 0.822. The van der Waals surface area contributed by atoms with Crippen molar-refractivity contribution < 1.29 is 4.79 Å². The van der Waals surface area contributed by atoms with Crippen LogP contribution in [0.5, 0.6) is 0 Å². The van der Waals surface area contributed by atoms with Gasteiger partial charge in [0.15, 0.2) is 0 Å². The van der Waals surface area contributed by atoms with Crippen LogP contribution in [-0.4, -0.2) is 42.0 Å². The lowest BCUT2D eigenvalue weighted by Gasteiger charge is -2.36. The predicted octanol–water partition coefficient (Wildman–Crippen LogP) is 1.64. The minimum absolute atomic E-state index is 0.109. The molecule has 1 aliphatic heterocycles. The summed E-state index contributed by atoms with van der Waals surface area (Å²) in [6.45, 7) is 3.56. The molecule has 3 N–H and O–H groups in total. The molecule has 4 heteroatoms. The molecule has 0 spiro atoms. The Morgan fingerprint density at radius 1 is 1.10 bits per heavy atom. The van der Waals surface area contributed by atoms with Gasteiger partial charge in [0.1, 0.15) is 0 Å². The fourth-order valence-corrected chi connectivity index (χ4v) is 3.66. The first-order valence-electron chi connectivity index (χ1n) is 8.48. The summed E-state index contributed by atoms with van der Waals surface area (Å²) in [6.07, 6.45) is 10.2. The molecule has 0 bridgehead atoms. The predicted molar refractivity (Wildman–Crippen MR) is 80.3 cm³/mol. The Morgan fingerprint density at radius 3 is 2.35 bits per heavy atom. The number of nitrogens with zero attached hydrogens (tertiary/aromatic N) is 1. The highest BCUT2D eigenvalue weighted by Crippen LogP contribution is 2.31. The molecular weight excluding hydrogens is 250 g/mol. The van der Waals surface area contributed by atoms with Crippen molar-refractivity contribution in [2.24, 2.45) is 11.7 Å². The topological polar surface area (TPSA) is 58.4 Å². The van der Waals surface area contributed by atoms with Crippen molar-refractivity contribution in [1.82, 2.24) is 10.2 Å². The van der Waals surface area contributed by atoms with Crippen LogP contribution in [0.2, 0.25) is 0 Å². The fourth-order valence-electron chi connectivity index (χ4n) is 3.66. The second-order valence-electron chi connectivity index (χ2n) is 7.21. The molecule has 0 aromatic carbocycles. The van der Waals surface area contributed by atoms with Gasteiger partial charge in [-0.3, -0.25) is 4.79 Å². The molecule has 114 valence electrons. The van der Waals surface area contributed by atoms with E-state index in [1.54, 1.807) is 0 Å². The summed E-state index contributed by atoms with van der Waals surface area (Å²) >= 11 is 0. The number of carbonyl (C=O) groups is 1. The van der Waals surface area contributed by atoms with Crippen LogP contribution in [0, 0.1) is 5.92 Å². The first-order valence-corrected chi connectivity index (χ1v) is 8.48. The van der Waals surface area contributed by atoms with E-state index in [0.717, 1.165) is 57.5 Å². The SMILES string of the molecule is NC1(C(=O)NC2CCN(CC3CC3)CC2)CCCCC1. The van der Waals surface area contributed by atoms with Gasteiger partial charge in [-0.2, -0.15) is 0 Å². The summed E-state index contributed by atoms with van der Waals surface area (Å²) in [6, 6.07) is 0.348. The summed E-state index contributed by atoms with van der Waals surface area (Å²) in [5, 5.41) is 3.23. The number of hydrogen-bond donors (Lipinski definition) is 2. The van der Waals surface area contributed by atoms with Gasteiger partial charge in [0.25, 0.3) is 0 Å². The number of piperidine rings is 1. The van der Waals surface area contributed by atoms with E-state index in [4.69, 9.17) is 5.73 Å². The first kappa shape index (κ1) is 14.3. The summed E-state index contributed by atoms with van der Waals surface area (Å²) in [4.78, 5) is 15.0. The lowest BCUT2D eigenvalue weighted by Crippen LogP contribution is -2.58. The van der Waals surface area contributed by atoms with Gasteiger partial charge in [-0.15, -0.1) is 0 Å². The standard InChI is InChI=1S/C16H29N3O/c17-16(8-2-1-3-9-16)15(20)18-14-6-10-19(11-7-14)12-13-4-5-13/h13-14H,1-12,17H2,(H,18,20). The second-order valence-corrected chi connectivity index (χ2v) is 7.21. The highest BCUT2D eigenvalue weighted by atomic mass is 16.2. The van der Waals surface area contributed by atoms with Crippen LogP contribution in [0.1, 0.15) is 57.8 Å². The molecular formula is C16H29N3O. The molecule has 3 aliphatic rings. The third-order valence-corrected chi connectivity index (χ3v) is 5.33. The van der Waals surface area contributed by atoms with E-state index in [9.17, 15) is 4.79 Å². The monoisotopic (exact) mass is 279 g/mol. The highest BCUT2D eigenvalue weighted by molar-refractivity contribution is 5.86. The van der Waals surface area contributed by atoms with Crippen molar-refractivity contribution in [3.8, 4) is 0 Å². The number of hydrogen-bond acceptors (Lipinski definition) is 3. The molecule has 0 aromatic heterocycles. The van der Waals surface area contributed by atoms with E-state index in [-0.39, 0.29) is 5.91 Å². The largest absolute Gasteiger partial charge is 0.352 e. The number of amides is 1. The number of rotatable bonds is 4. The van der Waals surface area contributed by atoms with E-state index < -0.39 is 5.54 Å². The van der Waals surface area contributed by atoms with Crippen molar-refractivity contribution in [3.05, 3.63) is 0 Å². The first-order chi connectivity index (χ1) is 9.66. The molecule has 0 radical (unpaired) electrons. The molecule has 3 fully saturated rings. The van der Waals surface area contributed by atoms with E-state index >= 15 is 0 Å². The fraction of sp³-hybridized carbons (Fsp3) is 0.938. The van der Waals surface area contributed by atoms with Gasteiger partial charge >= 0.3 is 0 Å². The molecule has 2 saturated carbocycles. The van der Waals surface area contributed by atoms with Crippen molar-refractivity contribution >= 4 is 5.91 Å². The molecule has 2 aliphatic carbocycles. The van der Waals surface area contributed by atoms with Gasteiger partial charge in [-0.05, 0) is 44.4 Å². The number of nitrogens with one attached hydrogen (secondary N) is 1. The summed E-state index contributed by atoms with van der Waals surface area (Å²) in [7, 11) is 0. The average molecular weight is 279 g/mol. The van der Waals surface area contributed by atoms with Crippen LogP contribution in [0.15, 0.2) is 0 Å². The van der Waals surface area contributed by atoms with Crippen LogP contribution in [-0.2, 0) is 4.79 Å². The smallest absolute Gasteiger partial charge is 0.240 e. The van der Waals surface area contributed by atoms with Gasteiger partial charge in [0.2, 0.25) is 5.91 Å². The van der Waals surface area contributed by atoms with Gasteiger partial charge in [0.05, 0.1) is 5.54 Å². The zero-order valence-electron chi connectivity index (χ0n) is 12.6. The number of carbonyl (C=O) groups excluding carboxylic acids is 1. The Balaban J connectivity index is 1.42. The molecule has 0 unspecified atom stereocenters. The molecule has 20 heavy (non-hydrogen) atoms. The molecule has 1 heterocycles. The minimum Gasteiger partial charge on any atom is -0.352 e. The zero-order chi connectivity index (χ0) is 14.0. The third-order valence-electron chi connectivity index (χ3n) is 5.33. The molecule has 1 saturated heterocycles. The van der Waals surface area contributed by atoms with E-state index in [1.807, 2.05) is 0 Å². The second kappa shape index (κ2) is 6.02. The van der Waals surface area contributed by atoms with Crippen LogP contribution in [0.25, 0.3) is 0 Å². The molecule has 4 nitrogen and oxygen atoms in total. The van der Waals surface area contributed by atoms with Crippen molar-refractivity contribution in [3.63, 3.8) is 0 Å². The van der Waals surface area contributed by atoms with Crippen LogP contribution in [0.4, 0.5) is 0 Å². The third kappa shape index (κ3) is 3.53. The Morgan fingerprint density at radius 2 is 1.75 bits per heavy atom. The number of likely N-dealkylation sites (tertiary alicyclic amines) is 1.